The summed E-state index contributed by atoms with van der Waals surface area (Å²) < 4.78 is 0. The number of nitrogens with one attached hydrogen (secondary N) is 1. The van der Waals surface area contributed by atoms with Gasteiger partial charge < -0.3 is 10.2 Å². The van der Waals surface area contributed by atoms with E-state index < -0.39 is 0 Å². The Morgan fingerprint density at radius 1 is 1.27 bits per heavy atom. The highest BCUT2D eigenvalue weighted by atomic mass is 35.5. The molecule has 1 N–H and O–H groups in total. The van der Waals surface area contributed by atoms with E-state index in [-0.39, 0.29) is 23.8 Å². The molecule has 2 bridgehead atoms. The molecule has 0 spiro atoms. The Hall–Kier alpha value is -1.20. The molecule has 2 aliphatic heterocycles. The predicted octanol–water partition coefficient (Wildman–Crippen LogP) is 2.56. The van der Waals surface area contributed by atoms with E-state index >= 15 is 0 Å². The lowest BCUT2D eigenvalue weighted by Crippen LogP contribution is -2.42. The lowest BCUT2D eigenvalue weighted by molar-refractivity contribution is -0.129. The van der Waals surface area contributed by atoms with Gasteiger partial charge in [0.25, 0.3) is 0 Å². The fourth-order valence-electron chi connectivity index (χ4n) is 3.02. The summed E-state index contributed by atoms with van der Waals surface area (Å²) in [4.78, 5) is 27.4. The van der Waals surface area contributed by atoms with E-state index in [1.165, 1.54) is 11.8 Å². The third-order valence-electron chi connectivity index (χ3n) is 4.23. The van der Waals surface area contributed by atoms with Crippen LogP contribution in [0.4, 0.5) is 0 Å². The molecule has 0 saturated carbocycles. The first-order valence-corrected chi connectivity index (χ1v) is 8.94. The molecule has 2 aliphatic rings. The molecule has 2 amide bonds. The zero-order valence-electron chi connectivity index (χ0n) is 12.3. The molecule has 0 aromatic heterocycles. The molecular formula is C16H19ClN2O2S. The minimum atomic E-state index is -0.0445. The first-order valence-electron chi connectivity index (χ1n) is 7.58. The number of halogens is 1. The number of thioether (sulfide) groups is 1. The number of carbonyl (C=O) groups is 2. The van der Waals surface area contributed by atoms with E-state index in [0.29, 0.717) is 23.9 Å². The van der Waals surface area contributed by atoms with Crippen molar-refractivity contribution < 1.29 is 9.59 Å². The van der Waals surface area contributed by atoms with Gasteiger partial charge in [-0.1, -0.05) is 18.0 Å². The quantitative estimate of drug-likeness (QED) is 0.862. The number of benzene rings is 1. The summed E-state index contributed by atoms with van der Waals surface area (Å²) in [5, 5.41) is 3.75. The van der Waals surface area contributed by atoms with Crippen LogP contribution in [0.1, 0.15) is 19.3 Å². The maximum atomic E-state index is 12.5. The Bertz CT molecular complexity index is 564. The van der Waals surface area contributed by atoms with Gasteiger partial charge in [0.2, 0.25) is 11.8 Å². The minimum Gasteiger partial charge on any atom is -0.351 e. The zero-order chi connectivity index (χ0) is 15.5. The van der Waals surface area contributed by atoms with E-state index in [2.05, 4.69) is 5.32 Å². The monoisotopic (exact) mass is 338 g/mol. The number of hydrogen-bond acceptors (Lipinski definition) is 3. The molecule has 2 saturated heterocycles. The van der Waals surface area contributed by atoms with Gasteiger partial charge in [-0.2, -0.15) is 0 Å². The van der Waals surface area contributed by atoms with Crippen LogP contribution in [0.15, 0.2) is 29.2 Å². The van der Waals surface area contributed by atoms with E-state index in [4.69, 9.17) is 11.6 Å². The first kappa shape index (κ1) is 15.7. The Morgan fingerprint density at radius 2 is 2.05 bits per heavy atom. The molecule has 0 radical (unpaired) electrons. The van der Waals surface area contributed by atoms with E-state index in [1.807, 2.05) is 29.2 Å². The molecule has 2 heterocycles. The number of hydrogen-bond donors (Lipinski definition) is 1. The van der Waals surface area contributed by atoms with Crippen molar-refractivity contribution >= 4 is 35.2 Å². The Morgan fingerprint density at radius 3 is 2.82 bits per heavy atom. The second kappa shape index (κ2) is 6.92. The maximum Gasteiger partial charge on any atom is 0.233 e. The Kier molecular flexibility index (Phi) is 4.93. The molecule has 1 aromatic rings. The number of nitrogens with zero attached hydrogens (tertiary/aromatic N) is 1. The zero-order valence-corrected chi connectivity index (χ0v) is 13.8. The van der Waals surface area contributed by atoms with Gasteiger partial charge in [0, 0.05) is 29.0 Å². The fourth-order valence-corrected chi connectivity index (χ4v) is 3.95. The van der Waals surface area contributed by atoms with Crippen molar-refractivity contribution in [3.8, 4) is 0 Å². The highest BCUT2D eigenvalue weighted by Gasteiger charge is 2.34. The number of amides is 2. The smallest absolute Gasteiger partial charge is 0.233 e. The second-order valence-electron chi connectivity index (χ2n) is 5.87. The summed E-state index contributed by atoms with van der Waals surface area (Å²) in [7, 11) is 0. The van der Waals surface area contributed by atoms with Gasteiger partial charge in [0.1, 0.15) is 0 Å². The molecule has 0 unspecified atom stereocenters. The van der Waals surface area contributed by atoms with Crippen LogP contribution in [0.3, 0.4) is 0 Å². The second-order valence-corrected chi connectivity index (χ2v) is 7.36. The van der Waals surface area contributed by atoms with Gasteiger partial charge in [-0.05, 0) is 37.1 Å². The first-order chi connectivity index (χ1) is 10.6. The highest BCUT2D eigenvalue weighted by molar-refractivity contribution is 8.00. The van der Waals surface area contributed by atoms with Crippen molar-refractivity contribution in [3.05, 3.63) is 29.3 Å². The summed E-state index contributed by atoms with van der Waals surface area (Å²) in [5.74, 6) is 0.573. The van der Waals surface area contributed by atoms with Crippen LogP contribution < -0.4 is 5.32 Å². The van der Waals surface area contributed by atoms with E-state index in [0.717, 1.165) is 24.2 Å². The molecule has 22 heavy (non-hydrogen) atoms. The number of likely N-dealkylation sites (tertiary alicyclic amines) is 1. The molecule has 0 aliphatic carbocycles. The SMILES string of the molecule is O=C1N[C@H]2CCC[C@@H]1CN(C(=O)CSc1ccc(Cl)cc1)C2. The third-order valence-corrected chi connectivity index (χ3v) is 5.48. The van der Waals surface area contributed by atoms with Crippen LogP contribution in [0, 0.1) is 5.92 Å². The summed E-state index contributed by atoms with van der Waals surface area (Å²) in [6, 6.07) is 7.61. The maximum absolute atomic E-state index is 12.5. The molecule has 4 nitrogen and oxygen atoms in total. The topological polar surface area (TPSA) is 49.4 Å². The van der Waals surface area contributed by atoms with Gasteiger partial charge in [-0.25, -0.2) is 0 Å². The van der Waals surface area contributed by atoms with Crippen LogP contribution in [0.2, 0.25) is 5.02 Å². The van der Waals surface area contributed by atoms with E-state index in [9.17, 15) is 9.59 Å². The Labute approximate surface area is 139 Å². The average molecular weight is 339 g/mol. The summed E-state index contributed by atoms with van der Waals surface area (Å²) >= 11 is 7.37. The van der Waals surface area contributed by atoms with Gasteiger partial charge in [0.05, 0.1) is 11.7 Å². The molecular weight excluding hydrogens is 320 g/mol. The molecule has 6 heteroatoms. The van der Waals surface area contributed by atoms with Crippen LogP contribution >= 0.6 is 23.4 Å². The van der Waals surface area contributed by atoms with Crippen LogP contribution in [0.25, 0.3) is 0 Å². The Balaban J connectivity index is 1.60. The van der Waals surface area contributed by atoms with Gasteiger partial charge in [-0.3, -0.25) is 9.59 Å². The van der Waals surface area contributed by atoms with Crippen molar-refractivity contribution in [2.24, 2.45) is 5.92 Å². The van der Waals surface area contributed by atoms with Crippen molar-refractivity contribution in [2.75, 3.05) is 18.8 Å². The molecule has 118 valence electrons. The summed E-state index contributed by atoms with van der Waals surface area (Å²) in [6.45, 7) is 1.20. The molecule has 2 fully saturated rings. The molecule has 2 atom stereocenters. The number of rotatable bonds is 3. The van der Waals surface area contributed by atoms with Crippen molar-refractivity contribution in [2.45, 2.75) is 30.2 Å². The van der Waals surface area contributed by atoms with E-state index in [1.54, 1.807) is 0 Å². The lowest BCUT2D eigenvalue weighted by Gasteiger charge is -2.27. The van der Waals surface area contributed by atoms with Gasteiger partial charge in [-0.15, -0.1) is 11.8 Å². The number of fused-ring (bicyclic) bond motifs is 3. The number of carbonyl (C=O) groups excluding carboxylic acids is 2. The molecule has 3 rings (SSSR count). The largest absolute Gasteiger partial charge is 0.351 e. The van der Waals surface area contributed by atoms with Gasteiger partial charge in [0.15, 0.2) is 0 Å². The predicted molar refractivity (Wildman–Crippen MR) is 88.0 cm³/mol. The summed E-state index contributed by atoms with van der Waals surface area (Å²) in [6.07, 6.45) is 2.92. The highest BCUT2D eigenvalue weighted by Crippen LogP contribution is 2.24. The minimum absolute atomic E-state index is 0.0445. The fraction of sp³-hybridized carbons (Fsp3) is 0.500. The molecule has 1 aromatic carbocycles. The van der Waals surface area contributed by atoms with Crippen LogP contribution in [-0.4, -0.2) is 41.6 Å². The standard InChI is InChI=1S/C16H19ClN2O2S/c17-12-4-6-14(7-5-12)22-10-15(20)19-8-11-2-1-3-13(9-19)18-16(11)21/h4-7,11,13H,1-3,8-10H2,(H,18,21)/t11-,13+/m1/s1. The average Bonchev–Trinajstić information content (AvgIpc) is 2.75. The van der Waals surface area contributed by atoms with Gasteiger partial charge >= 0.3 is 0 Å². The van der Waals surface area contributed by atoms with Crippen molar-refractivity contribution in [1.29, 1.82) is 0 Å². The normalized spacial score (nSPS) is 24.6. The van der Waals surface area contributed by atoms with Crippen LogP contribution in [-0.2, 0) is 9.59 Å². The third kappa shape index (κ3) is 3.76. The lowest BCUT2D eigenvalue weighted by atomic mass is 9.99. The van der Waals surface area contributed by atoms with Crippen LogP contribution in [0.5, 0.6) is 0 Å². The summed E-state index contributed by atoms with van der Waals surface area (Å²) in [5.41, 5.74) is 0. The van der Waals surface area contributed by atoms with Crippen molar-refractivity contribution in [1.82, 2.24) is 10.2 Å². The van der Waals surface area contributed by atoms with Crippen molar-refractivity contribution in [3.63, 3.8) is 0 Å².